The number of urea groups is 1. The lowest BCUT2D eigenvalue weighted by molar-refractivity contribution is -0.143. The summed E-state index contributed by atoms with van der Waals surface area (Å²) in [6, 6.07) is -3.43. The van der Waals surface area contributed by atoms with Gasteiger partial charge in [0.05, 0.1) is 0 Å². The van der Waals surface area contributed by atoms with Crippen LogP contribution < -0.4 is 11.1 Å². The summed E-state index contributed by atoms with van der Waals surface area (Å²) in [5.41, 5.74) is 4.86. The summed E-state index contributed by atoms with van der Waals surface area (Å²) in [7, 11) is 0. The first-order valence-electron chi connectivity index (χ1n) is 6.09. The van der Waals surface area contributed by atoms with Gasteiger partial charge in [0.2, 0.25) is 5.91 Å². The molecule has 21 heavy (non-hydrogen) atoms. The van der Waals surface area contributed by atoms with Gasteiger partial charge >= 0.3 is 18.2 Å². The molecule has 0 radical (unpaired) electrons. The van der Waals surface area contributed by atoms with Crippen LogP contribution in [0, 0.1) is 0 Å². The number of hydrogen-bond acceptors (Lipinski definition) is 3. The third kappa shape index (κ3) is 8.00. The molecule has 1 unspecified atom stereocenters. The maximum Gasteiger partial charge on any atom is 0.406 e. The number of carboxylic acid groups (broad SMARTS) is 1. The number of carbonyl (C=O) groups is 3. The Balaban J connectivity index is 4.83. The summed E-state index contributed by atoms with van der Waals surface area (Å²) in [5, 5.41) is 10.8. The van der Waals surface area contributed by atoms with Gasteiger partial charge in [0.1, 0.15) is 12.6 Å². The van der Waals surface area contributed by atoms with Crippen LogP contribution in [-0.4, -0.2) is 52.7 Å². The summed E-state index contributed by atoms with van der Waals surface area (Å²) in [4.78, 5) is 33.7. The highest BCUT2D eigenvalue weighted by molar-refractivity contribution is 5.83. The number of rotatable bonds is 7. The first kappa shape index (κ1) is 19.0. The van der Waals surface area contributed by atoms with Gasteiger partial charge in [-0.05, 0) is 20.3 Å². The molecule has 0 rings (SSSR count). The first-order chi connectivity index (χ1) is 9.44. The van der Waals surface area contributed by atoms with E-state index in [-0.39, 0.29) is 12.8 Å². The Labute approximate surface area is 119 Å². The minimum atomic E-state index is -4.60. The van der Waals surface area contributed by atoms with Gasteiger partial charge in [-0.1, -0.05) is 0 Å². The van der Waals surface area contributed by atoms with Gasteiger partial charge in [0, 0.05) is 12.5 Å². The number of hydrogen-bond donors (Lipinski definition) is 3. The fraction of sp³-hybridized carbons (Fsp3) is 0.727. The molecular formula is C11H18F3N3O4. The molecule has 0 aliphatic rings. The van der Waals surface area contributed by atoms with Crippen molar-refractivity contribution in [3.63, 3.8) is 0 Å². The van der Waals surface area contributed by atoms with Crippen LogP contribution >= 0.6 is 0 Å². The number of halogens is 3. The standard InChI is InChI=1S/C11H18F3N3O4/c1-6(2)17(5-11(12,13)14)10(21)16-7(9(19)20)3-4-8(15)18/h6-7H,3-5H2,1-2H3,(H2,15,18)(H,16,21)(H,19,20). The Bertz CT molecular complexity index is 399. The predicted octanol–water partition coefficient (Wildman–Crippen LogP) is 0.687. The van der Waals surface area contributed by atoms with Gasteiger partial charge in [-0.2, -0.15) is 13.2 Å². The third-order valence-corrected chi connectivity index (χ3v) is 2.51. The largest absolute Gasteiger partial charge is 0.480 e. The van der Waals surface area contributed by atoms with E-state index >= 15 is 0 Å². The Kier molecular flexibility index (Phi) is 6.96. The SMILES string of the molecule is CC(C)N(CC(F)(F)F)C(=O)NC(CCC(N)=O)C(=O)O. The second kappa shape index (κ2) is 7.70. The molecule has 0 fully saturated rings. The van der Waals surface area contributed by atoms with Crippen molar-refractivity contribution in [2.75, 3.05) is 6.54 Å². The number of carbonyl (C=O) groups excluding carboxylic acids is 2. The molecule has 7 nitrogen and oxygen atoms in total. The van der Waals surface area contributed by atoms with E-state index in [1.54, 1.807) is 0 Å². The van der Waals surface area contributed by atoms with Crippen LogP contribution in [-0.2, 0) is 9.59 Å². The number of carboxylic acids is 1. The van der Waals surface area contributed by atoms with Gasteiger partial charge < -0.3 is 21.1 Å². The average Bonchev–Trinajstić information content (AvgIpc) is 2.29. The molecule has 0 heterocycles. The van der Waals surface area contributed by atoms with Crippen molar-refractivity contribution in [2.45, 2.75) is 44.9 Å². The second-order valence-corrected chi connectivity index (χ2v) is 4.68. The second-order valence-electron chi connectivity index (χ2n) is 4.68. The molecule has 0 saturated heterocycles. The smallest absolute Gasteiger partial charge is 0.406 e. The van der Waals surface area contributed by atoms with Crippen molar-refractivity contribution in [1.29, 1.82) is 0 Å². The summed E-state index contributed by atoms with van der Waals surface area (Å²) in [5.74, 6) is -2.23. The minimum Gasteiger partial charge on any atom is -0.480 e. The predicted molar refractivity (Wildman–Crippen MR) is 66.3 cm³/mol. The van der Waals surface area contributed by atoms with E-state index in [1.165, 1.54) is 13.8 Å². The third-order valence-electron chi connectivity index (χ3n) is 2.51. The van der Waals surface area contributed by atoms with Crippen LogP contribution in [0.5, 0.6) is 0 Å². The molecule has 3 amide bonds. The lowest BCUT2D eigenvalue weighted by Gasteiger charge is -2.29. The van der Waals surface area contributed by atoms with E-state index in [1.807, 2.05) is 5.32 Å². The van der Waals surface area contributed by atoms with Crippen molar-refractivity contribution in [2.24, 2.45) is 5.73 Å². The molecule has 0 aromatic rings. The molecule has 0 aromatic carbocycles. The van der Waals surface area contributed by atoms with Gasteiger partial charge in [-0.3, -0.25) is 4.79 Å². The van der Waals surface area contributed by atoms with E-state index < -0.39 is 42.7 Å². The lowest BCUT2D eigenvalue weighted by atomic mass is 10.1. The Hall–Kier alpha value is -2.00. The zero-order valence-electron chi connectivity index (χ0n) is 11.6. The zero-order valence-corrected chi connectivity index (χ0v) is 11.6. The van der Waals surface area contributed by atoms with E-state index in [2.05, 4.69) is 0 Å². The highest BCUT2D eigenvalue weighted by Crippen LogP contribution is 2.18. The normalized spacial score (nSPS) is 12.9. The topological polar surface area (TPSA) is 113 Å². The van der Waals surface area contributed by atoms with Crippen LogP contribution in [0.2, 0.25) is 0 Å². The fourth-order valence-corrected chi connectivity index (χ4v) is 1.46. The molecule has 0 aliphatic heterocycles. The average molecular weight is 313 g/mol. The summed E-state index contributed by atoms with van der Waals surface area (Å²) < 4.78 is 37.1. The monoisotopic (exact) mass is 313 g/mol. The van der Waals surface area contributed by atoms with Crippen LogP contribution in [0.15, 0.2) is 0 Å². The summed E-state index contributed by atoms with van der Waals surface area (Å²) in [6.07, 6.45) is -5.21. The van der Waals surface area contributed by atoms with Crippen LogP contribution in [0.1, 0.15) is 26.7 Å². The zero-order chi connectivity index (χ0) is 16.8. The molecule has 4 N–H and O–H groups in total. The van der Waals surface area contributed by atoms with Gasteiger partial charge in [0.25, 0.3) is 0 Å². The van der Waals surface area contributed by atoms with Crippen molar-refractivity contribution < 1.29 is 32.7 Å². The maximum atomic E-state index is 12.4. The molecule has 1 atom stereocenters. The molecule has 0 spiro atoms. The van der Waals surface area contributed by atoms with Crippen molar-refractivity contribution in [3.8, 4) is 0 Å². The Morgan fingerprint density at radius 2 is 1.81 bits per heavy atom. The van der Waals surface area contributed by atoms with Crippen LogP contribution in [0.3, 0.4) is 0 Å². The van der Waals surface area contributed by atoms with E-state index in [9.17, 15) is 27.6 Å². The fourth-order valence-electron chi connectivity index (χ4n) is 1.46. The number of nitrogens with one attached hydrogen (secondary N) is 1. The van der Waals surface area contributed by atoms with E-state index in [4.69, 9.17) is 10.8 Å². The van der Waals surface area contributed by atoms with Crippen molar-refractivity contribution in [3.05, 3.63) is 0 Å². The number of alkyl halides is 3. The number of aliphatic carboxylic acids is 1. The molecular weight excluding hydrogens is 295 g/mol. The molecule has 0 bridgehead atoms. The Morgan fingerprint density at radius 1 is 1.29 bits per heavy atom. The summed E-state index contributed by atoms with van der Waals surface area (Å²) >= 11 is 0. The molecule has 122 valence electrons. The number of nitrogens with zero attached hydrogens (tertiary/aromatic N) is 1. The minimum absolute atomic E-state index is 0.297. The number of amides is 3. The molecule has 10 heteroatoms. The van der Waals surface area contributed by atoms with E-state index in [0.717, 1.165) is 0 Å². The van der Waals surface area contributed by atoms with Crippen molar-refractivity contribution >= 4 is 17.9 Å². The first-order valence-corrected chi connectivity index (χ1v) is 6.09. The van der Waals surface area contributed by atoms with Crippen LogP contribution in [0.4, 0.5) is 18.0 Å². The maximum absolute atomic E-state index is 12.4. The van der Waals surface area contributed by atoms with Crippen molar-refractivity contribution in [1.82, 2.24) is 10.2 Å². The van der Waals surface area contributed by atoms with Gasteiger partial charge in [-0.25, -0.2) is 9.59 Å². The van der Waals surface area contributed by atoms with E-state index in [0.29, 0.717) is 4.90 Å². The molecule has 0 aromatic heterocycles. The number of nitrogens with two attached hydrogens (primary N) is 1. The quantitative estimate of drug-likeness (QED) is 0.641. The molecule has 0 saturated carbocycles. The highest BCUT2D eigenvalue weighted by Gasteiger charge is 2.35. The van der Waals surface area contributed by atoms with Crippen LogP contribution in [0.25, 0.3) is 0 Å². The number of primary amides is 1. The highest BCUT2D eigenvalue weighted by atomic mass is 19.4. The molecule has 0 aliphatic carbocycles. The Morgan fingerprint density at radius 3 is 2.14 bits per heavy atom. The lowest BCUT2D eigenvalue weighted by Crippen LogP contribution is -2.52. The van der Waals surface area contributed by atoms with Gasteiger partial charge in [-0.15, -0.1) is 0 Å². The van der Waals surface area contributed by atoms with Gasteiger partial charge in [0.15, 0.2) is 0 Å². The summed E-state index contributed by atoms with van der Waals surface area (Å²) in [6.45, 7) is 1.23.